The van der Waals surface area contributed by atoms with Gasteiger partial charge in [0.2, 0.25) is 10.0 Å². The van der Waals surface area contributed by atoms with E-state index in [1.165, 1.54) is 38.1 Å². The van der Waals surface area contributed by atoms with Crippen LogP contribution in [0, 0.1) is 11.8 Å². The zero-order valence-corrected chi connectivity index (χ0v) is 21.4. The number of amides is 1. The van der Waals surface area contributed by atoms with Crippen LogP contribution < -0.4 is 5.14 Å². The van der Waals surface area contributed by atoms with Gasteiger partial charge in [-0.1, -0.05) is 52.6 Å². The molecule has 0 bridgehead atoms. The van der Waals surface area contributed by atoms with E-state index in [1.54, 1.807) is 24.3 Å². The van der Waals surface area contributed by atoms with Crippen molar-refractivity contribution in [3.05, 3.63) is 90.0 Å². The molecule has 3 aromatic carbocycles. The smallest absolute Gasteiger partial charge is 0.319 e. The Hall–Kier alpha value is -4.08. The number of rotatable bonds is 3. The summed E-state index contributed by atoms with van der Waals surface area (Å²) in [7, 11) is -6.34. The van der Waals surface area contributed by atoms with Crippen LogP contribution in [-0.2, 0) is 20.5 Å². The number of nitrogens with two attached hydrogens (primary N) is 1. The van der Waals surface area contributed by atoms with Gasteiger partial charge < -0.3 is 9.52 Å². The maximum Gasteiger partial charge on any atom is 0.319 e. The Morgan fingerprint density at radius 1 is 1.00 bits per heavy atom. The molecule has 1 amide bonds. The van der Waals surface area contributed by atoms with E-state index in [0.717, 1.165) is 5.39 Å². The highest BCUT2D eigenvalue weighted by Gasteiger charge is 2.14. The van der Waals surface area contributed by atoms with E-state index in [2.05, 4.69) is 16.2 Å². The molecule has 0 unspecified atom stereocenters. The number of furan rings is 1. The Morgan fingerprint density at radius 3 is 2.22 bits per heavy atom. The Kier molecular flexibility index (Phi) is 8.42. The number of nitrogens with zero attached hydrogens (tertiary/aromatic N) is 1. The van der Waals surface area contributed by atoms with E-state index in [4.69, 9.17) is 9.56 Å². The van der Waals surface area contributed by atoms with Crippen LogP contribution in [0.25, 0.3) is 22.3 Å². The molecule has 11 heteroatoms. The van der Waals surface area contributed by atoms with Crippen LogP contribution in [0.5, 0.6) is 0 Å². The van der Waals surface area contributed by atoms with Crippen molar-refractivity contribution >= 4 is 37.4 Å². The third-order valence-electron chi connectivity index (χ3n) is 4.69. The Balaban J connectivity index is 0.000000319. The predicted octanol–water partition coefficient (Wildman–Crippen LogP) is 3.76. The zero-order valence-electron chi connectivity index (χ0n) is 19.7. The van der Waals surface area contributed by atoms with E-state index in [1.807, 2.05) is 30.3 Å². The first kappa shape index (κ1) is 27.5. The molecule has 37 heavy (non-hydrogen) atoms. The molecule has 4 aromatic rings. The Morgan fingerprint density at radius 2 is 1.65 bits per heavy atom. The summed E-state index contributed by atoms with van der Waals surface area (Å²) in [5.41, 5.74) is 0.549. The SMILES string of the molecule is CC(C)(O)C#Cc1cc(C(=O)N=S(=O)=O)ccc1-c1cc2ccccc2o1.NS(=O)(=O)c1ccccc1. The first-order valence-corrected chi connectivity index (χ1v) is 13.2. The summed E-state index contributed by atoms with van der Waals surface area (Å²) < 4.78 is 51.4. The summed E-state index contributed by atoms with van der Waals surface area (Å²) in [6.07, 6.45) is 0. The molecule has 0 aliphatic heterocycles. The van der Waals surface area contributed by atoms with Crippen molar-refractivity contribution < 1.29 is 31.2 Å². The summed E-state index contributed by atoms with van der Waals surface area (Å²) in [6, 6.07) is 21.7. The number of para-hydroxylation sites is 1. The monoisotopic (exact) mass is 538 g/mol. The van der Waals surface area contributed by atoms with Gasteiger partial charge in [0, 0.05) is 22.1 Å². The summed E-state index contributed by atoms with van der Waals surface area (Å²) in [6.45, 7) is 3.07. The fourth-order valence-electron chi connectivity index (χ4n) is 3.06. The van der Waals surface area contributed by atoms with Crippen LogP contribution in [0.1, 0.15) is 29.8 Å². The van der Waals surface area contributed by atoms with Gasteiger partial charge >= 0.3 is 10.5 Å². The highest BCUT2D eigenvalue weighted by Crippen LogP contribution is 2.30. The minimum absolute atomic E-state index is 0.0686. The fourth-order valence-corrected chi connectivity index (χ4v) is 3.84. The predicted molar refractivity (Wildman–Crippen MR) is 138 cm³/mol. The molecule has 0 spiro atoms. The molecule has 9 nitrogen and oxygen atoms in total. The lowest BCUT2D eigenvalue weighted by Gasteiger charge is -2.07. The molecule has 0 aliphatic rings. The van der Waals surface area contributed by atoms with Crippen molar-refractivity contribution in [2.45, 2.75) is 24.3 Å². The third kappa shape index (κ3) is 7.96. The minimum atomic E-state index is -3.50. The van der Waals surface area contributed by atoms with Gasteiger partial charge in [0.05, 0.1) is 4.90 Å². The van der Waals surface area contributed by atoms with Gasteiger partial charge in [0.25, 0.3) is 5.91 Å². The molecule has 0 fully saturated rings. The zero-order chi connectivity index (χ0) is 27.2. The fraction of sp³-hybridized carbons (Fsp3) is 0.115. The van der Waals surface area contributed by atoms with Gasteiger partial charge in [-0.25, -0.2) is 13.6 Å². The Bertz CT molecular complexity index is 1720. The maximum atomic E-state index is 11.9. The number of carbonyl (C=O) groups excluding carboxylic acids is 1. The second-order valence-electron chi connectivity index (χ2n) is 8.19. The number of hydrogen-bond donors (Lipinski definition) is 2. The Labute approximate surface area is 215 Å². The standard InChI is InChI=1S/C20H15NO5S.C6H7NO2S/c1-20(2,23)10-9-13-11-15(19(22)21-27(24)25)7-8-16(13)18-12-14-5-3-4-6-17(14)26-18;7-10(8,9)6-4-2-1-3-5-6/h3-8,11-12,23H,1-2H3;1-5H,(H2,7,8,9). The van der Waals surface area contributed by atoms with Crippen molar-refractivity contribution in [2.24, 2.45) is 9.50 Å². The first-order chi connectivity index (χ1) is 17.3. The third-order valence-corrected chi connectivity index (χ3v) is 5.93. The topological polar surface area (TPSA) is 157 Å². The number of sulfonamides is 1. The molecule has 4 rings (SSSR count). The average Bonchev–Trinajstić information content (AvgIpc) is 3.26. The van der Waals surface area contributed by atoms with Crippen LogP contribution in [0.15, 0.2) is 92.5 Å². The number of aliphatic hydroxyl groups is 1. The molecular formula is C26H22N2O7S2. The summed E-state index contributed by atoms with van der Waals surface area (Å²) >= 11 is 0. The van der Waals surface area contributed by atoms with E-state index < -0.39 is 32.0 Å². The highest BCUT2D eigenvalue weighted by molar-refractivity contribution is 7.89. The van der Waals surface area contributed by atoms with Crippen molar-refractivity contribution in [1.82, 2.24) is 0 Å². The van der Waals surface area contributed by atoms with Crippen molar-refractivity contribution in [3.8, 4) is 23.2 Å². The van der Waals surface area contributed by atoms with Crippen LogP contribution in [0.4, 0.5) is 0 Å². The number of carbonyl (C=O) groups is 1. The molecule has 190 valence electrons. The molecular weight excluding hydrogens is 516 g/mol. The van der Waals surface area contributed by atoms with Crippen molar-refractivity contribution in [2.75, 3.05) is 0 Å². The highest BCUT2D eigenvalue weighted by atomic mass is 32.2. The van der Waals surface area contributed by atoms with Gasteiger partial charge in [-0.05, 0) is 56.3 Å². The van der Waals surface area contributed by atoms with Gasteiger partial charge in [-0.15, -0.1) is 0 Å². The van der Waals surface area contributed by atoms with Crippen LogP contribution >= 0.6 is 0 Å². The largest absolute Gasteiger partial charge is 0.456 e. The normalized spacial score (nSPS) is 11.0. The number of fused-ring (bicyclic) bond motifs is 1. The van der Waals surface area contributed by atoms with E-state index in [0.29, 0.717) is 22.5 Å². The molecule has 0 radical (unpaired) electrons. The second-order valence-corrected chi connectivity index (χ2v) is 10.4. The van der Waals surface area contributed by atoms with Gasteiger partial charge in [0.15, 0.2) is 0 Å². The minimum Gasteiger partial charge on any atom is -0.456 e. The van der Waals surface area contributed by atoms with Crippen LogP contribution in [-0.4, -0.2) is 33.5 Å². The first-order valence-electron chi connectivity index (χ1n) is 10.7. The van der Waals surface area contributed by atoms with E-state index in [9.17, 15) is 26.7 Å². The lowest BCUT2D eigenvalue weighted by atomic mass is 10.0. The van der Waals surface area contributed by atoms with Gasteiger partial charge in [-0.3, -0.25) is 4.79 Å². The number of hydrogen-bond acceptors (Lipinski definition) is 7. The van der Waals surface area contributed by atoms with Crippen molar-refractivity contribution in [1.29, 1.82) is 0 Å². The lowest BCUT2D eigenvalue weighted by molar-refractivity contribution is 0.100. The van der Waals surface area contributed by atoms with Crippen LogP contribution in [0.3, 0.4) is 0 Å². The van der Waals surface area contributed by atoms with E-state index >= 15 is 0 Å². The van der Waals surface area contributed by atoms with Gasteiger partial charge in [0.1, 0.15) is 16.9 Å². The second kappa shape index (κ2) is 11.3. The average molecular weight is 539 g/mol. The molecule has 1 heterocycles. The molecule has 0 saturated carbocycles. The molecule has 3 N–H and O–H groups in total. The van der Waals surface area contributed by atoms with Gasteiger partial charge in [-0.2, -0.15) is 8.42 Å². The number of primary sulfonamides is 1. The molecule has 0 saturated heterocycles. The summed E-state index contributed by atoms with van der Waals surface area (Å²) in [5, 5.41) is 15.6. The van der Waals surface area contributed by atoms with E-state index in [-0.39, 0.29) is 10.5 Å². The maximum absolute atomic E-state index is 11.9. The molecule has 0 aliphatic carbocycles. The number of benzene rings is 3. The quantitative estimate of drug-likeness (QED) is 0.376. The van der Waals surface area contributed by atoms with Crippen molar-refractivity contribution in [3.63, 3.8) is 0 Å². The lowest BCUT2D eigenvalue weighted by Crippen LogP contribution is -2.14. The van der Waals surface area contributed by atoms with Crippen LogP contribution in [0.2, 0.25) is 0 Å². The molecule has 0 atom stereocenters. The summed E-state index contributed by atoms with van der Waals surface area (Å²) in [5.74, 6) is 5.17. The molecule has 1 aromatic heterocycles. The summed E-state index contributed by atoms with van der Waals surface area (Å²) in [4.78, 5) is 12.1.